The van der Waals surface area contributed by atoms with E-state index in [0.717, 1.165) is 18.4 Å². The van der Waals surface area contributed by atoms with Crippen LogP contribution < -0.4 is 14.8 Å². The third kappa shape index (κ3) is 7.31. The quantitative estimate of drug-likeness (QED) is 0.431. The van der Waals surface area contributed by atoms with Gasteiger partial charge in [0.2, 0.25) is 16.0 Å². The van der Waals surface area contributed by atoms with Crippen LogP contribution in [-0.4, -0.2) is 47.7 Å². The molecule has 2 heterocycles. The molecule has 1 aromatic carbocycles. The lowest BCUT2D eigenvalue weighted by Gasteiger charge is -2.20. The highest BCUT2D eigenvalue weighted by Gasteiger charge is 2.31. The van der Waals surface area contributed by atoms with Crippen LogP contribution in [0.15, 0.2) is 41.1 Å². The van der Waals surface area contributed by atoms with Crippen molar-refractivity contribution in [2.75, 3.05) is 18.1 Å². The lowest BCUT2D eigenvalue weighted by molar-refractivity contribution is -0.274. The SMILES string of the molecule is CS(=O)(=O)NCC(Nc1ncc(-c2nnc(C(F)F)o2)cn1)c1ccc(OC(F)(F)F)cc1. The number of rotatable bonds is 9. The number of hydrogen-bond donors (Lipinski definition) is 2. The van der Waals surface area contributed by atoms with Crippen LogP contribution in [0.2, 0.25) is 0 Å². The molecule has 0 aliphatic carbocycles. The fourth-order valence-corrected chi connectivity index (χ4v) is 2.97. The second-order valence-electron chi connectivity index (χ2n) is 6.48. The van der Waals surface area contributed by atoms with Gasteiger partial charge in [0, 0.05) is 18.9 Å². The van der Waals surface area contributed by atoms with Crippen molar-refractivity contribution in [2.24, 2.45) is 0 Å². The van der Waals surface area contributed by atoms with Crippen molar-refractivity contribution in [3.8, 4) is 17.2 Å². The fourth-order valence-electron chi connectivity index (χ4n) is 2.50. The van der Waals surface area contributed by atoms with Crippen molar-refractivity contribution in [3.05, 3.63) is 48.1 Å². The monoisotopic (exact) mass is 494 g/mol. The van der Waals surface area contributed by atoms with Crippen molar-refractivity contribution >= 4 is 16.0 Å². The van der Waals surface area contributed by atoms with Gasteiger partial charge in [-0.15, -0.1) is 23.4 Å². The first-order valence-electron chi connectivity index (χ1n) is 8.90. The molecule has 0 amide bonds. The van der Waals surface area contributed by atoms with E-state index in [0.29, 0.717) is 5.56 Å². The number of alkyl halides is 5. The zero-order valence-electron chi connectivity index (χ0n) is 16.5. The Balaban J connectivity index is 1.78. The summed E-state index contributed by atoms with van der Waals surface area (Å²) in [5.74, 6) is -1.54. The first kappa shape index (κ1) is 24.2. The van der Waals surface area contributed by atoms with Gasteiger partial charge in [-0.2, -0.15) is 8.78 Å². The van der Waals surface area contributed by atoms with Gasteiger partial charge in [-0.3, -0.25) is 0 Å². The summed E-state index contributed by atoms with van der Waals surface area (Å²) in [5.41, 5.74) is 0.547. The smallest absolute Gasteiger partial charge is 0.415 e. The van der Waals surface area contributed by atoms with E-state index in [-0.39, 0.29) is 23.9 Å². The van der Waals surface area contributed by atoms with Gasteiger partial charge in [0.25, 0.3) is 11.8 Å². The molecule has 2 N–H and O–H groups in total. The third-order valence-corrected chi connectivity index (χ3v) is 4.59. The second-order valence-corrected chi connectivity index (χ2v) is 8.31. The molecule has 0 fully saturated rings. The molecule has 0 aliphatic heterocycles. The maximum absolute atomic E-state index is 12.6. The summed E-state index contributed by atoms with van der Waals surface area (Å²) in [5, 5.41) is 9.50. The Labute approximate surface area is 183 Å². The Morgan fingerprint density at radius 3 is 2.24 bits per heavy atom. The average molecular weight is 494 g/mol. The molecule has 0 saturated heterocycles. The molecular weight excluding hydrogens is 479 g/mol. The van der Waals surface area contributed by atoms with Crippen LogP contribution in [0.1, 0.15) is 23.9 Å². The molecule has 1 atom stereocenters. The molecule has 33 heavy (non-hydrogen) atoms. The van der Waals surface area contributed by atoms with Crippen LogP contribution in [0.5, 0.6) is 5.75 Å². The Morgan fingerprint density at radius 1 is 1.09 bits per heavy atom. The van der Waals surface area contributed by atoms with Gasteiger partial charge in [-0.05, 0) is 17.7 Å². The molecule has 3 rings (SSSR count). The number of hydrogen-bond acceptors (Lipinski definition) is 9. The highest BCUT2D eigenvalue weighted by atomic mass is 32.2. The fraction of sp³-hybridized carbons (Fsp3) is 0.294. The number of anilines is 1. The highest BCUT2D eigenvalue weighted by Crippen LogP contribution is 2.26. The summed E-state index contributed by atoms with van der Waals surface area (Å²) in [6.07, 6.45) is -4.45. The van der Waals surface area contributed by atoms with Crippen LogP contribution >= 0.6 is 0 Å². The van der Waals surface area contributed by atoms with Crippen LogP contribution in [-0.2, 0) is 10.0 Å². The predicted molar refractivity (Wildman–Crippen MR) is 103 cm³/mol. The maximum Gasteiger partial charge on any atom is 0.573 e. The van der Waals surface area contributed by atoms with E-state index in [2.05, 4.69) is 34.9 Å². The second kappa shape index (κ2) is 9.62. The maximum atomic E-state index is 12.6. The van der Waals surface area contributed by atoms with Gasteiger partial charge in [0.1, 0.15) is 5.75 Å². The van der Waals surface area contributed by atoms with Crippen molar-refractivity contribution in [1.29, 1.82) is 0 Å². The normalized spacial score (nSPS) is 13.2. The van der Waals surface area contributed by atoms with Gasteiger partial charge >= 0.3 is 12.8 Å². The molecule has 0 spiro atoms. The molecule has 178 valence electrons. The Hall–Kier alpha value is -3.40. The van der Waals surface area contributed by atoms with E-state index in [1.165, 1.54) is 24.5 Å². The molecule has 1 unspecified atom stereocenters. The molecule has 0 aliphatic rings. The largest absolute Gasteiger partial charge is 0.573 e. The summed E-state index contributed by atoms with van der Waals surface area (Å²) in [7, 11) is -3.59. The molecule has 3 aromatic rings. The summed E-state index contributed by atoms with van der Waals surface area (Å²) in [4.78, 5) is 7.99. The van der Waals surface area contributed by atoms with Crippen molar-refractivity contribution in [3.63, 3.8) is 0 Å². The number of aromatic nitrogens is 4. The minimum atomic E-state index is -4.86. The van der Waals surface area contributed by atoms with Crippen molar-refractivity contribution in [2.45, 2.75) is 18.8 Å². The summed E-state index contributed by atoms with van der Waals surface area (Å²) >= 11 is 0. The van der Waals surface area contributed by atoms with Crippen molar-refractivity contribution < 1.29 is 39.5 Å². The minimum absolute atomic E-state index is 0.00303. The molecule has 0 saturated carbocycles. The summed E-state index contributed by atoms with van der Waals surface area (Å²) in [6, 6.07) is 3.96. The summed E-state index contributed by atoms with van der Waals surface area (Å²) in [6.45, 7) is -0.190. The van der Waals surface area contributed by atoms with Gasteiger partial charge in [-0.25, -0.2) is 23.1 Å². The minimum Gasteiger partial charge on any atom is -0.415 e. The lowest BCUT2D eigenvalue weighted by Crippen LogP contribution is -2.31. The summed E-state index contributed by atoms with van der Waals surface area (Å²) < 4.78 is 96.1. The first-order chi connectivity index (χ1) is 15.4. The number of nitrogens with one attached hydrogen (secondary N) is 2. The van der Waals surface area contributed by atoms with Crippen LogP contribution in [0.25, 0.3) is 11.5 Å². The molecule has 0 bridgehead atoms. The topological polar surface area (TPSA) is 132 Å². The molecule has 16 heteroatoms. The van der Waals surface area contributed by atoms with E-state index in [1.54, 1.807) is 0 Å². The lowest BCUT2D eigenvalue weighted by atomic mass is 10.1. The van der Waals surface area contributed by atoms with E-state index in [4.69, 9.17) is 4.42 Å². The standard InChI is InChI=1S/C17H15F5N6O4S/c1-33(29,30)25-8-12(9-2-4-11(5-3-9)32-17(20,21)22)26-16-23-6-10(7-24-16)14-27-28-15(31-14)13(18)19/h2-7,12-13,25H,8H2,1H3,(H,23,24,26). The van der Waals surface area contributed by atoms with E-state index < -0.39 is 40.5 Å². The molecule has 0 radical (unpaired) electrons. The Kier molecular flexibility index (Phi) is 7.06. The first-order valence-corrected chi connectivity index (χ1v) is 10.8. The third-order valence-electron chi connectivity index (χ3n) is 3.90. The van der Waals surface area contributed by atoms with Gasteiger partial charge in [-0.1, -0.05) is 12.1 Å². The van der Waals surface area contributed by atoms with E-state index in [9.17, 15) is 30.4 Å². The number of nitrogens with zero attached hydrogens (tertiary/aromatic N) is 4. The van der Waals surface area contributed by atoms with Gasteiger partial charge in [0.05, 0.1) is 17.9 Å². The average Bonchev–Trinajstić information content (AvgIpc) is 3.21. The molecule has 2 aromatic heterocycles. The van der Waals surface area contributed by atoms with E-state index in [1.807, 2.05) is 0 Å². The highest BCUT2D eigenvalue weighted by molar-refractivity contribution is 7.88. The van der Waals surface area contributed by atoms with Gasteiger partial charge in [0.15, 0.2) is 0 Å². The number of ether oxygens (including phenoxy) is 1. The Morgan fingerprint density at radius 2 is 1.73 bits per heavy atom. The van der Waals surface area contributed by atoms with Crippen LogP contribution in [0.3, 0.4) is 0 Å². The van der Waals surface area contributed by atoms with Crippen LogP contribution in [0, 0.1) is 0 Å². The molecular formula is C17H15F5N6O4S. The number of benzene rings is 1. The predicted octanol–water partition coefficient (Wildman–Crippen LogP) is 3.07. The number of halogens is 5. The zero-order valence-corrected chi connectivity index (χ0v) is 17.4. The Bertz CT molecular complexity index is 1170. The zero-order chi connectivity index (χ0) is 24.2. The van der Waals surface area contributed by atoms with Gasteiger partial charge < -0.3 is 14.5 Å². The number of sulfonamides is 1. The molecule has 10 nitrogen and oxygen atoms in total. The van der Waals surface area contributed by atoms with Crippen LogP contribution in [0.4, 0.5) is 27.9 Å². The van der Waals surface area contributed by atoms with E-state index >= 15 is 0 Å². The van der Waals surface area contributed by atoms with Crippen molar-refractivity contribution in [1.82, 2.24) is 24.9 Å².